The number of halogens is 1. The van der Waals surface area contributed by atoms with E-state index in [4.69, 9.17) is 4.74 Å². The summed E-state index contributed by atoms with van der Waals surface area (Å²) in [5.41, 5.74) is 3.66. The number of aromatic nitrogens is 3. The molecule has 0 aliphatic rings. The zero-order valence-corrected chi connectivity index (χ0v) is 15.8. The zero-order chi connectivity index (χ0) is 19.5. The van der Waals surface area contributed by atoms with Gasteiger partial charge in [-0.15, -0.1) is 0 Å². The Kier molecular flexibility index (Phi) is 5.04. The third-order valence-electron chi connectivity index (χ3n) is 4.57. The molecule has 0 fully saturated rings. The zero-order valence-electron chi connectivity index (χ0n) is 15.8. The molecule has 0 spiro atoms. The Morgan fingerprint density at radius 2 is 1.82 bits per heavy atom. The molecule has 0 unspecified atom stereocenters. The second-order valence-electron chi connectivity index (χ2n) is 6.68. The van der Waals surface area contributed by atoms with E-state index < -0.39 is 0 Å². The van der Waals surface area contributed by atoms with Gasteiger partial charge in [-0.1, -0.05) is 30.3 Å². The maximum absolute atomic E-state index is 13.4. The average Bonchev–Trinajstić information content (AvgIpc) is 3.10. The lowest BCUT2D eigenvalue weighted by atomic mass is 10.1. The van der Waals surface area contributed by atoms with Crippen molar-refractivity contribution in [2.75, 3.05) is 19.0 Å². The van der Waals surface area contributed by atoms with Crippen molar-refractivity contribution in [2.24, 2.45) is 0 Å². The summed E-state index contributed by atoms with van der Waals surface area (Å²) in [6, 6.07) is 16.6. The summed E-state index contributed by atoms with van der Waals surface area (Å²) in [5.74, 6) is 0.475. The monoisotopic (exact) mass is 376 g/mol. The highest BCUT2D eigenvalue weighted by molar-refractivity contribution is 6.02. The van der Waals surface area contributed by atoms with Gasteiger partial charge in [-0.05, 0) is 36.8 Å². The summed E-state index contributed by atoms with van der Waals surface area (Å²) in [6.45, 7) is 2.60. The molecule has 0 amide bonds. The highest BCUT2D eigenvalue weighted by Gasteiger charge is 2.18. The number of hydrogen-bond acceptors (Lipinski definition) is 4. The van der Waals surface area contributed by atoms with Crippen molar-refractivity contribution in [1.29, 1.82) is 0 Å². The normalized spacial score (nSPS) is 12.2. The number of ether oxygens (including phenoxy) is 1. The molecule has 4 rings (SSSR count). The lowest BCUT2D eigenvalue weighted by Gasteiger charge is -2.14. The summed E-state index contributed by atoms with van der Waals surface area (Å²) in [7, 11) is 1.67. The van der Waals surface area contributed by atoms with E-state index in [0.717, 1.165) is 33.7 Å². The van der Waals surface area contributed by atoms with Gasteiger partial charge in [0, 0.05) is 30.6 Å². The third kappa shape index (κ3) is 3.46. The van der Waals surface area contributed by atoms with Crippen LogP contribution in [0, 0.1) is 5.82 Å². The molecule has 0 radical (unpaired) electrons. The van der Waals surface area contributed by atoms with Crippen LogP contribution < -0.4 is 5.32 Å². The van der Waals surface area contributed by atoms with Crippen molar-refractivity contribution in [3.63, 3.8) is 0 Å². The minimum atomic E-state index is -0.270. The Labute approximate surface area is 162 Å². The van der Waals surface area contributed by atoms with Gasteiger partial charge in [0.25, 0.3) is 0 Å². The van der Waals surface area contributed by atoms with Crippen molar-refractivity contribution in [2.45, 2.75) is 13.0 Å². The Morgan fingerprint density at radius 1 is 1.07 bits per heavy atom. The Bertz CT molecular complexity index is 1080. The van der Waals surface area contributed by atoms with Crippen LogP contribution in [0.15, 0.2) is 67.1 Å². The summed E-state index contributed by atoms with van der Waals surface area (Å²) in [5, 5.41) is 4.34. The summed E-state index contributed by atoms with van der Waals surface area (Å²) in [6.07, 6.45) is 3.56. The standard InChI is InChI=1S/C22H21FN4O/c1-15(13-28-2)26-21-20-19(16-6-4-3-5-7-16)12-27(22(20)25-14-24-21)18-10-8-17(23)9-11-18/h3-12,14-15H,13H2,1-2H3,(H,24,25,26)/t15-/m0/s1. The molecule has 0 saturated heterocycles. The van der Waals surface area contributed by atoms with Crippen LogP contribution in [-0.4, -0.2) is 34.3 Å². The molecule has 6 heteroatoms. The van der Waals surface area contributed by atoms with Crippen LogP contribution >= 0.6 is 0 Å². The summed E-state index contributed by atoms with van der Waals surface area (Å²) >= 11 is 0. The van der Waals surface area contributed by atoms with Crippen molar-refractivity contribution in [1.82, 2.24) is 14.5 Å². The van der Waals surface area contributed by atoms with Crippen LogP contribution in [-0.2, 0) is 4.74 Å². The quantitative estimate of drug-likeness (QED) is 0.531. The predicted octanol–water partition coefficient (Wildman–Crippen LogP) is 4.67. The van der Waals surface area contributed by atoms with Crippen LogP contribution in [0.5, 0.6) is 0 Å². The minimum absolute atomic E-state index is 0.0842. The Hall–Kier alpha value is -3.25. The molecule has 0 aliphatic heterocycles. The molecule has 0 aliphatic carbocycles. The first kappa shape index (κ1) is 18.1. The van der Waals surface area contributed by atoms with E-state index in [9.17, 15) is 4.39 Å². The van der Waals surface area contributed by atoms with E-state index in [-0.39, 0.29) is 11.9 Å². The lowest BCUT2D eigenvalue weighted by molar-refractivity contribution is 0.190. The fourth-order valence-electron chi connectivity index (χ4n) is 3.33. The number of rotatable bonds is 6. The van der Waals surface area contributed by atoms with Gasteiger partial charge in [-0.25, -0.2) is 14.4 Å². The fraction of sp³-hybridized carbons (Fsp3) is 0.182. The maximum Gasteiger partial charge on any atom is 0.150 e. The largest absolute Gasteiger partial charge is 0.383 e. The highest BCUT2D eigenvalue weighted by Crippen LogP contribution is 2.35. The van der Waals surface area contributed by atoms with E-state index in [1.165, 1.54) is 12.1 Å². The lowest BCUT2D eigenvalue weighted by Crippen LogP contribution is -2.21. The maximum atomic E-state index is 13.4. The summed E-state index contributed by atoms with van der Waals surface area (Å²) < 4.78 is 20.6. The van der Waals surface area contributed by atoms with Crippen LogP contribution in [0.1, 0.15) is 6.92 Å². The van der Waals surface area contributed by atoms with Gasteiger partial charge in [0.05, 0.1) is 12.0 Å². The van der Waals surface area contributed by atoms with Crippen LogP contribution in [0.3, 0.4) is 0 Å². The minimum Gasteiger partial charge on any atom is -0.383 e. The SMILES string of the molecule is COC[C@H](C)Nc1ncnc2c1c(-c1ccccc1)cn2-c1ccc(F)cc1. The van der Waals surface area contributed by atoms with Gasteiger partial charge in [-0.2, -0.15) is 0 Å². The van der Waals surface area contributed by atoms with Gasteiger partial charge in [0.1, 0.15) is 18.0 Å². The number of benzene rings is 2. The molecule has 0 saturated carbocycles. The van der Waals surface area contributed by atoms with E-state index in [1.807, 2.05) is 35.9 Å². The molecule has 1 N–H and O–H groups in total. The molecule has 142 valence electrons. The van der Waals surface area contributed by atoms with E-state index >= 15 is 0 Å². The molecule has 0 bridgehead atoms. The topological polar surface area (TPSA) is 52.0 Å². The Morgan fingerprint density at radius 3 is 2.54 bits per heavy atom. The molecule has 28 heavy (non-hydrogen) atoms. The van der Waals surface area contributed by atoms with Crippen molar-refractivity contribution in [3.8, 4) is 16.8 Å². The van der Waals surface area contributed by atoms with Crippen LogP contribution in [0.25, 0.3) is 27.8 Å². The third-order valence-corrected chi connectivity index (χ3v) is 4.57. The molecule has 2 aromatic carbocycles. The van der Waals surface area contributed by atoms with Gasteiger partial charge < -0.3 is 14.6 Å². The molecule has 2 heterocycles. The number of hydrogen-bond donors (Lipinski definition) is 1. The first-order chi connectivity index (χ1) is 13.7. The molecule has 4 aromatic rings. The first-order valence-corrected chi connectivity index (χ1v) is 9.10. The van der Waals surface area contributed by atoms with E-state index in [1.54, 1.807) is 25.6 Å². The predicted molar refractivity (Wildman–Crippen MR) is 109 cm³/mol. The van der Waals surface area contributed by atoms with Crippen LogP contribution in [0.4, 0.5) is 10.2 Å². The molecule has 5 nitrogen and oxygen atoms in total. The van der Waals surface area contributed by atoms with E-state index in [2.05, 4.69) is 27.4 Å². The molecular formula is C22H21FN4O. The smallest absolute Gasteiger partial charge is 0.150 e. The van der Waals surface area contributed by atoms with Crippen molar-refractivity contribution in [3.05, 3.63) is 72.9 Å². The van der Waals surface area contributed by atoms with Gasteiger partial charge in [0.15, 0.2) is 5.65 Å². The highest BCUT2D eigenvalue weighted by atomic mass is 19.1. The number of methoxy groups -OCH3 is 1. The fourth-order valence-corrected chi connectivity index (χ4v) is 3.33. The van der Waals surface area contributed by atoms with E-state index in [0.29, 0.717) is 6.61 Å². The van der Waals surface area contributed by atoms with Gasteiger partial charge in [-0.3, -0.25) is 0 Å². The molecule has 2 aromatic heterocycles. The molecular weight excluding hydrogens is 355 g/mol. The van der Waals surface area contributed by atoms with Crippen LogP contribution in [0.2, 0.25) is 0 Å². The number of nitrogens with zero attached hydrogens (tertiary/aromatic N) is 3. The van der Waals surface area contributed by atoms with Crippen molar-refractivity contribution < 1.29 is 9.13 Å². The molecule has 1 atom stereocenters. The Balaban J connectivity index is 1.93. The van der Waals surface area contributed by atoms with Crippen molar-refractivity contribution >= 4 is 16.9 Å². The number of nitrogens with one attached hydrogen (secondary N) is 1. The number of fused-ring (bicyclic) bond motifs is 1. The van der Waals surface area contributed by atoms with Gasteiger partial charge >= 0.3 is 0 Å². The first-order valence-electron chi connectivity index (χ1n) is 9.10. The second-order valence-corrected chi connectivity index (χ2v) is 6.68. The number of anilines is 1. The van der Waals surface area contributed by atoms with Gasteiger partial charge in [0.2, 0.25) is 0 Å². The summed E-state index contributed by atoms with van der Waals surface area (Å²) in [4.78, 5) is 9.01. The second kappa shape index (κ2) is 7.78. The average molecular weight is 376 g/mol.